The average Bonchev–Trinajstić information content (AvgIpc) is 2.58. The molecule has 96 valence electrons. The van der Waals surface area contributed by atoms with Crippen LogP contribution in [0.4, 0.5) is 4.79 Å². The van der Waals surface area contributed by atoms with E-state index in [4.69, 9.17) is 5.11 Å². The van der Waals surface area contributed by atoms with Gasteiger partial charge in [0.2, 0.25) is 0 Å². The molecule has 1 unspecified atom stereocenters. The molecule has 0 saturated carbocycles. The van der Waals surface area contributed by atoms with E-state index in [-0.39, 0.29) is 18.5 Å². The van der Waals surface area contributed by atoms with Crippen LogP contribution < -0.4 is 0 Å². The number of aliphatic carboxylic acids is 1. The van der Waals surface area contributed by atoms with Crippen molar-refractivity contribution in [1.29, 1.82) is 0 Å². The molecule has 0 aromatic heterocycles. The second-order valence-corrected chi connectivity index (χ2v) is 4.51. The van der Waals surface area contributed by atoms with Crippen molar-refractivity contribution in [3.63, 3.8) is 0 Å². The first kappa shape index (κ1) is 12.4. The number of likely N-dealkylation sites (N-methyl/N-ethyl adjacent to an activating group) is 1. The van der Waals surface area contributed by atoms with Crippen LogP contribution in [0.2, 0.25) is 0 Å². The van der Waals surface area contributed by atoms with Gasteiger partial charge in [0.25, 0.3) is 0 Å². The summed E-state index contributed by atoms with van der Waals surface area (Å²) in [4.78, 5) is 25.9. The first-order valence-electron chi connectivity index (χ1n) is 5.85. The Balaban J connectivity index is 2.03. The Bertz CT molecular complexity index is 447. The summed E-state index contributed by atoms with van der Waals surface area (Å²) in [5, 5.41) is 8.80. The number of hydrogen-bond donors (Lipinski definition) is 1. The maximum absolute atomic E-state index is 12.0. The number of amides is 2. The minimum Gasteiger partial charge on any atom is -0.481 e. The molecule has 1 saturated heterocycles. The van der Waals surface area contributed by atoms with Crippen molar-refractivity contribution in [2.75, 3.05) is 13.6 Å². The van der Waals surface area contributed by atoms with E-state index in [1.54, 1.807) is 11.9 Å². The molecule has 5 heteroatoms. The van der Waals surface area contributed by atoms with Crippen LogP contribution in [0, 0.1) is 0 Å². The van der Waals surface area contributed by atoms with Crippen LogP contribution in [0.25, 0.3) is 0 Å². The third-order valence-corrected chi connectivity index (χ3v) is 3.18. The van der Waals surface area contributed by atoms with Gasteiger partial charge in [-0.3, -0.25) is 4.79 Å². The lowest BCUT2D eigenvalue weighted by Crippen LogP contribution is -2.32. The minimum atomic E-state index is -0.874. The number of carbonyl (C=O) groups excluding carboxylic acids is 1. The van der Waals surface area contributed by atoms with Crippen LogP contribution in [0.15, 0.2) is 30.3 Å². The van der Waals surface area contributed by atoms with E-state index < -0.39 is 5.97 Å². The van der Waals surface area contributed by atoms with Crippen molar-refractivity contribution in [1.82, 2.24) is 9.80 Å². The molecule has 1 aromatic rings. The van der Waals surface area contributed by atoms with Crippen molar-refractivity contribution >= 4 is 12.0 Å². The molecule has 2 rings (SSSR count). The summed E-state index contributed by atoms with van der Waals surface area (Å²) in [7, 11) is 1.65. The largest absolute Gasteiger partial charge is 0.481 e. The molecule has 2 amide bonds. The van der Waals surface area contributed by atoms with Crippen LogP contribution in [0.5, 0.6) is 0 Å². The fourth-order valence-electron chi connectivity index (χ4n) is 2.17. The number of nitrogens with zero attached hydrogens (tertiary/aromatic N) is 2. The van der Waals surface area contributed by atoms with Gasteiger partial charge in [-0.25, -0.2) is 4.79 Å². The van der Waals surface area contributed by atoms with Crippen LogP contribution in [0.3, 0.4) is 0 Å². The predicted molar refractivity (Wildman–Crippen MR) is 66.1 cm³/mol. The molecule has 0 radical (unpaired) electrons. The molecule has 0 bridgehead atoms. The van der Waals surface area contributed by atoms with E-state index in [2.05, 4.69) is 0 Å². The van der Waals surface area contributed by atoms with Gasteiger partial charge in [-0.2, -0.15) is 0 Å². The van der Waals surface area contributed by atoms with Crippen LogP contribution >= 0.6 is 0 Å². The Morgan fingerprint density at radius 1 is 1.39 bits per heavy atom. The third-order valence-electron chi connectivity index (χ3n) is 3.18. The molecule has 1 aromatic carbocycles. The van der Waals surface area contributed by atoms with Gasteiger partial charge >= 0.3 is 12.0 Å². The number of carboxylic acid groups (broad SMARTS) is 1. The summed E-state index contributed by atoms with van der Waals surface area (Å²) in [5.41, 5.74) is 1.05. The van der Waals surface area contributed by atoms with E-state index in [1.807, 2.05) is 30.3 Å². The van der Waals surface area contributed by atoms with Crippen LogP contribution in [-0.2, 0) is 11.3 Å². The zero-order valence-corrected chi connectivity index (χ0v) is 10.2. The van der Waals surface area contributed by atoms with Crippen molar-refractivity contribution in [2.45, 2.75) is 19.0 Å². The monoisotopic (exact) mass is 248 g/mol. The molecule has 0 aliphatic carbocycles. The number of carbonyl (C=O) groups is 2. The van der Waals surface area contributed by atoms with Gasteiger partial charge in [0.15, 0.2) is 0 Å². The average molecular weight is 248 g/mol. The zero-order chi connectivity index (χ0) is 13.1. The highest BCUT2D eigenvalue weighted by molar-refractivity contribution is 5.78. The maximum Gasteiger partial charge on any atom is 0.320 e. The Labute approximate surface area is 106 Å². The second kappa shape index (κ2) is 5.08. The second-order valence-electron chi connectivity index (χ2n) is 4.51. The van der Waals surface area contributed by atoms with E-state index >= 15 is 0 Å². The van der Waals surface area contributed by atoms with E-state index in [0.29, 0.717) is 13.1 Å². The molecule has 1 heterocycles. The Morgan fingerprint density at radius 2 is 2.06 bits per heavy atom. The van der Waals surface area contributed by atoms with E-state index in [9.17, 15) is 9.59 Å². The van der Waals surface area contributed by atoms with Crippen LogP contribution in [0.1, 0.15) is 12.0 Å². The SMILES string of the molecule is CN1C(=O)N(Cc2ccccc2)CC1CC(=O)O. The third kappa shape index (κ3) is 2.61. The first-order valence-corrected chi connectivity index (χ1v) is 5.85. The highest BCUT2D eigenvalue weighted by atomic mass is 16.4. The van der Waals surface area contributed by atoms with Crippen molar-refractivity contribution in [2.24, 2.45) is 0 Å². The highest BCUT2D eigenvalue weighted by Crippen LogP contribution is 2.19. The van der Waals surface area contributed by atoms with Gasteiger partial charge in [0.1, 0.15) is 0 Å². The lowest BCUT2D eigenvalue weighted by atomic mass is 10.2. The lowest BCUT2D eigenvalue weighted by Gasteiger charge is -2.16. The predicted octanol–water partition coefficient (Wildman–Crippen LogP) is 1.40. The Morgan fingerprint density at radius 3 is 2.67 bits per heavy atom. The molecular weight excluding hydrogens is 232 g/mol. The van der Waals surface area contributed by atoms with Crippen molar-refractivity contribution in [3.8, 4) is 0 Å². The summed E-state index contributed by atoms with van der Waals surface area (Å²) >= 11 is 0. The quantitative estimate of drug-likeness (QED) is 0.876. The van der Waals surface area contributed by atoms with Gasteiger partial charge in [0.05, 0.1) is 12.5 Å². The van der Waals surface area contributed by atoms with Crippen molar-refractivity contribution < 1.29 is 14.7 Å². The lowest BCUT2D eigenvalue weighted by molar-refractivity contribution is -0.137. The fraction of sp³-hybridized carbons (Fsp3) is 0.385. The van der Waals surface area contributed by atoms with E-state index in [0.717, 1.165) is 5.56 Å². The highest BCUT2D eigenvalue weighted by Gasteiger charge is 2.35. The molecule has 1 aliphatic heterocycles. The molecule has 18 heavy (non-hydrogen) atoms. The summed E-state index contributed by atoms with van der Waals surface area (Å²) in [6.07, 6.45) is -0.00642. The van der Waals surface area contributed by atoms with Gasteiger partial charge in [-0.1, -0.05) is 30.3 Å². The molecular formula is C13H16N2O3. The molecule has 1 atom stereocenters. The number of carboxylic acids is 1. The Hall–Kier alpha value is -2.04. The smallest absolute Gasteiger partial charge is 0.320 e. The molecule has 1 fully saturated rings. The summed E-state index contributed by atoms with van der Waals surface area (Å²) in [5.74, 6) is -0.874. The topological polar surface area (TPSA) is 60.9 Å². The summed E-state index contributed by atoms with van der Waals surface area (Å²) in [6.45, 7) is 0.997. The van der Waals surface area contributed by atoms with Crippen LogP contribution in [-0.4, -0.2) is 46.5 Å². The molecule has 1 N–H and O–H groups in total. The number of urea groups is 1. The van der Waals surface area contributed by atoms with Gasteiger partial charge < -0.3 is 14.9 Å². The van der Waals surface area contributed by atoms with Gasteiger partial charge in [-0.15, -0.1) is 0 Å². The minimum absolute atomic E-state index is 0.00642. The standard InChI is InChI=1S/C13H16N2O3/c1-14-11(7-12(16)17)9-15(13(14)18)8-10-5-3-2-4-6-10/h2-6,11H,7-9H2,1H3,(H,16,17). The normalized spacial score (nSPS) is 19.4. The number of hydrogen-bond acceptors (Lipinski definition) is 2. The summed E-state index contributed by atoms with van der Waals surface area (Å²) < 4.78 is 0. The van der Waals surface area contributed by atoms with Gasteiger partial charge in [-0.05, 0) is 5.56 Å². The number of rotatable bonds is 4. The number of benzene rings is 1. The molecule has 0 spiro atoms. The fourth-order valence-corrected chi connectivity index (χ4v) is 2.17. The van der Waals surface area contributed by atoms with E-state index in [1.165, 1.54) is 4.90 Å². The van der Waals surface area contributed by atoms with Crippen molar-refractivity contribution in [3.05, 3.63) is 35.9 Å². The summed E-state index contributed by atoms with van der Waals surface area (Å²) in [6, 6.07) is 9.34. The van der Waals surface area contributed by atoms with Gasteiger partial charge in [0, 0.05) is 20.1 Å². The first-order chi connectivity index (χ1) is 8.58. The Kier molecular flexibility index (Phi) is 3.50. The maximum atomic E-state index is 12.0. The zero-order valence-electron chi connectivity index (χ0n) is 10.2. The molecule has 5 nitrogen and oxygen atoms in total. The molecule has 1 aliphatic rings.